The lowest BCUT2D eigenvalue weighted by Crippen LogP contribution is -2.53. The molecule has 0 aromatic heterocycles. The summed E-state index contributed by atoms with van der Waals surface area (Å²) >= 11 is 0. The van der Waals surface area contributed by atoms with Gasteiger partial charge in [-0.25, -0.2) is 8.78 Å². The summed E-state index contributed by atoms with van der Waals surface area (Å²) in [6.07, 6.45) is 1.59. The van der Waals surface area contributed by atoms with Gasteiger partial charge in [0.25, 0.3) is 5.91 Å². The highest BCUT2D eigenvalue weighted by Crippen LogP contribution is 2.30. The number of aromatic hydroxyl groups is 1. The highest BCUT2D eigenvalue weighted by Gasteiger charge is 2.44. The van der Waals surface area contributed by atoms with Crippen molar-refractivity contribution in [1.29, 1.82) is 0 Å². The number of benzene rings is 1. The van der Waals surface area contributed by atoms with Gasteiger partial charge in [-0.05, 0) is 33.6 Å². The summed E-state index contributed by atoms with van der Waals surface area (Å²) in [6, 6.07) is -2.62. The first kappa shape index (κ1) is 34.8. The number of hydrogen-bond acceptors (Lipinski definition) is 6. The molecule has 1 aromatic rings. The molecule has 0 radical (unpaired) electrons. The SMILES string of the molecule is CCC[C@@H](C(=O)NCCN(C(C)CC)[C@@H](C)C(=O)NCC)N1CC(C)[C@H](NC(=O)c2c(F)c(F)c(O)c(F)c2F)C1=O. The van der Waals surface area contributed by atoms with Gasteiger partial charge in [0.2, 0.25) is 29.4 Å². The van der Waals surface area contributed by atoms with Crippen LogP contribution in [0.3, 0.4) is 0 Å². The highest BCUT2D eigenvalue weighted by molar-refractivity contribution is 5.99. The van der Waals surface area contributed by atoms with Crippen LogP contribution in [0.1, 0.15) is 71.2 Å². The van der Waals surface area contributed by atoms with Crippen LogP contribution in [0.25, 0.3) is 0 Å². The summed E-state index contributed by atoms with van der Waals surface area (Å²) in [5, 5.41) is 16.9. The van der Waals surface area contributed by atoms with Gasteiger partial charge in [-0.15, -0.1) is 0 Å². The van der Waals surface area contributed by atoms with E-state index < -0.39 is 76.3 Å². The van der Waals surface area contributed by atoms with Gasteiger partial charge in [0, 0.05) is 38.1 Å². The monoisotopic (exact) mass is 603 g/mol. The fourth-order valence-corrected chi connectivity index (χ4v) is 5.08. The summed E-state index contributed by atoms with van der Waals surface area (Å²) < 4.78 is 56.0. The molecule has 14 heteroatoms. The fourth-order valence-electron chi connectivity index (χ4n) is 5.08. The van der Waals surface area contributed by atoms with Gasteiger partial charge in [0.15, 0.2) is 17.4 Å². The van der Waals surface area contributed by atoms with Gasteiger partial charge in [-0.1, -0.05) is 27.2 Å². The molecule has 0 bridgehead atoms. The molecular formula is C28H41F4N5O5. The van der Waals surface area contributed by atoms with Crippen LogP contribution in [0.4, 0.5) is 17.6 Å². The van der Waals surface area contributed by atoms with Crippen molar-refractivity contribution in [1.82, 2.24) is 25.8 Å². The van der Waals surface area contributed by atoms with E-state index in [0.717, 1.165) is 6.42 Å². The van der Waals surface area contributed by atoms with Crippen LogP contribution in [-0.2, 0) is 14.4 Å². The topological polar surface area (TPSA) is 131 Å². The Balaban J connectivity index is 2.15. The first-order chi connectivity index (χ1) is 19.7. The molecular weight excluding hydrogens is 562 g/mol. The van der Waals surface area contributed by atoms with Crippen molar-refractivity contribution in [3.8, 4) is 5.75 Å². The second-order valence-corrected chi connectivity index (χ2v) is 10.6. The van der Waals surface area contributed by atoms with Gasteiger partial charge in [-0.3, -0.25) is 24.1 Å². The molecule has 1 fully saturated rings. The Kier molecular flexibility index (Phi) is 12.6. The van der Waals surface area contributed by atoms with Crippen LogP contribution in [0, 0.1) is 29.2 Å². The van der Waals surface area contributed by atoms with E-state index in [4.69, 9.17) is 5.11 Å². The molecule has 1 aliphatic rings. The molecule has 236 valence electrons. The molecule has 1 heterocycles. The number of likely N-dealkylation sites (tertiary alicyclic amines) is 1. The second kappa shape index (κ2) is 15.2. The quantitative estimate of drug-likeness (QED) is 0.191. The third-order valence-corrected chi connectivity index (χ3v) is 7.65. The fraction of sp³-hybridized carbons (Fsp3) is 0.643. The van der Waals surface area contributed by atoms with Crippen LogP contribution in [-0.4, -0.2) is 88.9 Å². The summed E-state index contributed by atoms with van der Waals surface area (Å²) in [7, 11) is 0. The number of halogens is 4. The summed E-state index contributed by atoms with van der Waals surface area (Å²) in [4.78, 5) is 54.8. The first-order valence-electron chi connectivity index (χ1n) is 14.2. The molecule has 1 aromatic carbocycles. The molecule has 1 saturated heterocycles. The molecule has 10 nitrogen and oxygen atoms in total. The molecule has 2 unspecified atom stereocenters. The minimum Gasteiger partial charge on any atom is -0.503 e. The van der Waals surface area contributed by atoms with Crippen LogP contribution in [0.15, 0.2) is 0 Å². The minimum atomic E-state index is -2.14. The average molecular weight is 604 g/mol. The number of hydrogen-bond donors (Lipinski definition) is 4. The molecule has 0 spiro atoms. The number of amides is 4. The van der Waals surface area contributed by atoms with Gasteiger partial charge in [-0.2, -0.15) is 8.78 Å². The summed E-state index contributed by atoms with van der Waals surface area (Å²) in [5.41, 5.74) is -1.61. The molecule has 0 aliphatic carbocycles. The summed E-state index contributed by atoms with van der Waals surface area (Å²) in [5.74, 6) is -13.9. The van der Waals surface area contributed by atoms with Crippen molar-refractivity contribution < 1.29 is 41.8 Å². The highest BCUT2D eigenvalue weighted by atomic mass is 19.2. The van der Waals surface area contributed by atoms with Crippen LogP contribution in [0.2, 0.25) is 0 Å². The molecule has 4 amide bonds. The molecule has 2 rings (SSSR count). The predicted octanol–water partition coefficient (Wildman–Crippen LogP) is 2.44. The van der Waals surface area contributed by atoms with E-state index in [0.29, 0.717) is 19.5 Å². The van der Waals surface area contributed by atoms with Crippen LogP contribution < -0.4 is 16.0 Å². The number of likely N-dealkylation sites (N-methyl/N-ethyl adjacent to an activating group) is 1. The largest absolute Gasteiger partial charge is 0.503 e. The lowest BCUT2D eigenvalue weighted by Gasteiger charge is -2.34. The predicted molar refractivity (Wildman–Crippen MR) is 146 cm³/mol. The van der Waals surface area contributed by atoms with Crippen molar-refractivity contribution in [3.63, 3.8) is 0 Å². The van der Waals surface area contributed by atoms with Gasteiger partial charge < -0.3 is 26.0 Å². The second-order valence-electron chi connectivity index (χ2n) is 10.6. The third-order valence-electron chi connectivity index (χ3n) is 7.65. The first-order valence-corrected chi connectivity index (χ1v) is 14.2. The number of nitrogens with zero attached hydrogens (tertiary/aromatic N) is 2. The Hall–Kier alpha value is -3.42. The smallest absolute Gasteiger partial charge is 0.258 e. The van der Waals surface area contributed by atoms with E-state index in [9.17, 15) is 36.7 Å². The van der Waals surface area contributed by atoms with Gasteiger partial charge in [0.05, 0.1) is 6.04 Å². The number of carbonyl (C=O) groups is 4. The molecule has 0 saturated carbocycles. The Morgan fingerprint density at radius 1 is 1.00 bits per heavy atom. The average Bonchev–Trinajstić information content (AvgIpc) is 3.23. The van der Waals surface area contributed by atoms with E-state index in [1.807, 2.05) is 32.6 Å². The molecule has 5 atom stereocenters. The standard InChI is InChI=1S/C28H41F4N5O5/c1-7-10-17(26(40)34-11-12-36(15(5)8-2)16(6)25(39)33-9-3)37-13-14(4)23(28(37)42)35-27(41)18-19(29)21(31)24(38)22(32)20(18)30/h14-17,23,38H,7-13H2,1-6H3,(H,33,39)(H,34,40)(H,35,41)/t14?,15?,16-,17-,23-/m0/s1. The normalized spacial score (nSPS) is 19.0. The zero-order valence-corrected chi connectivity index (χ0v) is 24.8. The number of phenolic OH excluding ortho intramolecular Hbond substituents is 1. The van der Waals surface area contributed by atoms with Gasteiger partial charge >= 0.3 is 0 Å². The molecule has 1 aliphatic heterocycles. The maximum atomic E-state index is 14.2. The van der Waals surface area contributed by atoms with E-state index >= 15 is 0 Å². The molecule has 42 heavy (non-hydrogen) atoms. The number of rotatable bonds is 14. The van der Waals surface area contributed by atoms with E-state index in [2.05, 4.69) is 16.0 Å². The van der Waals surface area contributed by atoms with Crippen molar-refractivity contribution in [3.05, 3.63) is 28.8 Å². The van der Waals surface area contributed by atoms with Crippen molar-refractivity contribution in [2.75, 3.05) is 26.2 Å². The van der Waals surface area contributed by atoms with Crippen molar-refractivity contribution in [2.24, 2.45) is 5.92 Å². The van der Waals surface area contributed by atoms with Gasteiger partial charge in [0.1, 0.15) is 17.6 Å². The van der Waals surface area contributed by atoms with Crippen molar-refractivity contribution >= 4 is 23.6 Å². The van der Waals surface area contributed by atoms with E-state index in [1.54, 1.807) is 13.8 Å². The summed E-state index contributed by atoms with van der Waals surface area (Å²) in [6.45, 7) is 12.1. The Labute approximate surface area is 243 Å². The third kappa shape index (κ3) is 7.50. The zero-order chi connectivity index (χ0) is 31.9. The Morgan fingerprint density at radius 2 is 1.60 bits per heavy atom. The minimum absolute atomic E-state index is 0.0261. The van der Waals surface area contributed by atoms with E-state index in [1.165, 1.54) is 4.90 Å². The van der Waals surface area contributed by atoms with Crippen LogP contribution >= 0.6 is 0 Å². The Bertz CT molecular complexity index is 1140. The van der Waals surface area contributed by atoms with E-state index in [-0.39, 0.29) is 31.5 Å². The number of carbonyl (C=O) groups excluding carboxylic acids is 4. The lowest BCUT2D eigenvalue weighted by atomic mass is 10.0. The maximum absolute atomic E-state index is 14.2. The Morgan fingerprint density at radius 3 is 2.12 bits per heavy atom. The van der Waals surface area contributed by atoms with Crippen molar-refractivity contribution in [2.45, 2.75) is 85.0 Å². The zero-order valence-electron chi connectivity index (χ0n) is 24.8. The number of phenols is 1. The maximum Gasteiger partial charge on any atom is 0.258 e. The number of nitrogens with one attached hydrogen (secondary N) is 3. The van der Waals surface area contributed by atoms with Crippen LogP contribution in [0.5, 0.6) is 5.75 Å². The molecule has 4 N–H and O–H groups in total. The lowest BCUT2D eigenvalue weighted by molar-refractivity contribution is -0.138.